The second kappa shape index (κ2) is 12.1. The van der Waals surface area contributed by atoms with Gasteiger partial charge < -0.3 is 18.0 Å². The molecule has 0 bridgehead atoms. The zero-order valence-corrected chi connectivity index (χ0v) is 32.1. The smallest absolute Gasteiger partial charge is 0.136 e. The van der Waals surface area contributed by atoms with E-state index in [0.29, 0.717) is 0 Å². The molecule has 0 aliphatic heterocycles. The molecule has 13 rings (SSSR count). The molecule has 0 spiro atoms. The van der Waals surface area contributed by atoms with Crippen LogP contribution in [0, 0.1) is 6.92 Å². The van der Waals surface area contributed by atoms with Crippen LogP contribution in [0.4, 0.5) is 0 Å². The van der Waals surface area contributed by atoms with Crippen molar-refractivity contribution in [2.45, 2.75) is 6.92 Å². The highest BCUT2D eigenvalue weighted by molar-refractivity contribution is 6.16. The number of furan rings is 2. The first-order valence-corrected chi connectivity index (χ1v) is 20.2. The molecule has 59 heavy (non-hydrogen) atoms. The van der Waals surface area contributed by atoms with Crippen molar-refractivity contribution in [3.05, 3.63) is 194 Å². The molecule has 0 atom stereocenters. The van der Waals surface area contributed by atoms with Gasteiger partial charge in [0, 0.05) is 54.5 Å². The molecule has 0 fully saturated rings. The molecular formula is C55H34N2O2. The van der Waals surface area contributed by atoms with Crippen LogP contribution >= 0.6 is 0 Å². The summed E-state index contributed by atoms with van der Waals surface area (Å²) in [5.41, 5.74) is 16.5. The monoisotopic (exact) mass is 754 g/mol. The maximum atomic E-state index is 6.44. The fourth-order valence-corrected chi connectivity index (χ4v) is 9.68. The third kappa shape index (κ3) is 4.71. The second-order valence-electron chi connectivity index (χ2n) is 15.8. The predicted octanol–water partition coefficient (Wildman–Crippen LogP) is 15.3. The van der Waals surface area contributed by atoms with Gasteiger partial charge >= 0.3 is 0 Å². The van der Waals surface area contributed by atoms with Gasteiger partial charge in [0.15, 0.2) is 0 Å². The van der Waals surface area contributed by atoms with Crippen LogP contribution in [0.15, 0.2) is 197 Å². The van der Waals surface area contributed by atoms with Crippen molar-refractivity contribution in [1.29, 1.82) is 0 Å². The fraction of sp³-hybridized carbons (Fsp3) is 0.0182. The molecule has 0 saturated heterocycles. The maximum absolute atomic E-state index is 6.44. The number of aromatic nitrogens is 2. The summed E-state index contributed by atoms with van der Waals surface area (Å²) in [5.74, 6) is 0. The summed E-state index contributed by atoms with van der Waals surface area (Å²) in [4.78, 5) is 0. The maximum Gasteiger partial charge on any atom is 0.136 e. The van der Waals surface area contributed by atoms with Gasteiger partial charge in [0.2, 0.25) is 0 Å². The van der Waals surface area contributed by atoms with Crippen LogP contribution < -0.4 is 0 Å². The predicted molar refractivity (Wildman–Crippen MR) is 245 cm³/mol. The third-order valence-electron chi connectivity index (χ3n) is 12.4. The van der Waals surface area contributed by atoms with Crippen LogP contribution in [0.1, 0.15) is 5.56 Å². The van der Waals surface area contributed by atoms with Crippen molar-refractivity contribution < 1.29 is 8.83 Å². The van der Waals surface area contributed by atoms with Gasteiger partial charge in [0.05, 0.1) is 22.1 Å². The Bertz CT molecular complexity index is 3840. The Hall–Kier alpha value is -7.82. The standard InChI is InChI=1S/C55H34N2O2/c1-33-27-53-45(47-32-54-46(31-55(47)59-53)41-15-7-10-18-52(41)58-54)30-42(33)34-19-23-38(24-20-34)57-49-17-9-6-14-40(49)44-29-36(22-26-51(44)57)35-21-25-50-43(28-35)39-13-5-8-16-48(39)56(50)37-11-3-2-4-12-37/h2-32H,1H3. The minimum Gasteiger partial charge on any atom is -0.456 e. The van der Waals surface area contributed by atoms with Crippen LogP contribution in [0.25, 0.3) is 121 Å². The molecule has 4 heterocycles. The van der Waals surface area contributed by atoms with E-state index in [-0.39, 0.29) is 0 Å². The Morgan fingerprint density at radius 1 is 0.305 bits per heavy atom. The van der Waals surface area contributed by atoms with Crippen molar-refractivity contribution in [2.75, 3.05) is 0 Å². The Labute approximate surface area is 338 Å². The van der Waals surface area contributed by atoms with Gasteiger partial charge in [0.1, 0.15) is 22.3 Å². The Morgan fingerprint density at radius 3 is 1.41 bits per heavy atom. The number of benzene rings is 9. The largest absolute Gasteiger partial charge is 0.456 e. The lowest BCUT2D eigenvalue weighted by Gasteiger charge is -2.11. The van der Waals surface area contributed by atoms with E-state index in [2.05, 4.69) is 186 Å². The van der Waals surface area contributed by atoms with E-state index >= 15 is 0 Å². The van der Waals surface area contributed by atoms with Crippen molar-refractivity contribution in [3.8, 4) is 33.6 Å². The molecule has 4 heteroatoms. The van der Waals surface area contributed by atoms with Crippen molar-refractivity contribution in [3.63, 3.8) is 0 Å². The van der Waals surface area contributed by atoms with Gasteiger partial charge in [-0.3, -0.25) is 0 Å². The summed E-state index contributed by atoms with van der Waals surface area (Å²) < 4.78 is 17.5. The fourth-order valence-electron chi connectivity index (χ4n) is 9.68. The molecule has 4 aromatic heterocycles. The van der Waals surface area contributed by atoms with Gasteiger partial charge in [-0.05, 0) is 126 Å². The summed E-state index contributed by atoms with van der Waals surface area (Å²) in [6.07, 6.45) is 0. The van der Waals surface area contributed by atoms with E-state index < -0.39 is 0 Å². The van der Waals surface area contributed by atoms with Crippen molar-refractivity contribution in [2.24, 2.45) is 0 Å². The third-order valence-corrected chi connectivity index (χ3v) is 12.4. The molecule has 9 aromatic carbocycles. The minimum absolute atomic E-state index is 0.872. The topological polar surface area (TPSA) is 36.1 Å². The zero-order chi connectivity index (χ0) is 38.8. The van der Waals surface area contributed by atoms with Crippen LogP contribution in [0.2, 0.25) is 0 Å². The SMILES string of the molecule is Cc1cc2oc3cc4c(cc3c2cc1-c1ccc(-n2c3ccccc3c3cc(-c5ccc6c(c5)c5ccccc5n6-c5ccccc5)ccc32)cc1)oc1ccccc14. The number of aryl methyl sites for hydroxylation is 1. The molecule has 0 aliphatic rings. The lowest BCUT2D eigenvalue weighted by atomic mass is 9.97. The summed E-state index contributed by atoms with van der Waals surface area (Å²) >= 11 is 0. The Kier molecular flexibility index (Phi) is 6.62. The van der Waals surface area contributed by atoms with Crippen molar-refractivity contribution >= 4 is 87.5 Å². The number of hydrogen-bond acceptors (Lipinski definition) is 2. The van der Waals surface area contributed by atoms with Gasteiger partial charge in [-0.1, -0.05) is 97.1 Å². The van der Waals surface area contributed by atoms with Gasteiger partial charge in [-0.15, -0.1) is 0 Å². The molecule has 276 valence electrons. The van der Waals surface area contributed by atoms with Crippen LogP contribution in [-0.2, 0) is 0 Å². The van der Waals surface area contributed by atoms with Gasteiger partial charge in [-0.25, -0.2) is 0 Å². The molecule has 13 aromatic rings. The lowest BCUT2D eigenvalue weighted by Crippen LogP contribution is -1.94. The highest BCUT2D eigenvalue weighted by Gasteiger charge is 2.18. The number of nitrogens with zero attached hydrogens (tertiary/aromatic N) is 2. The molecule has 0 amide bonds. The summed E-state index contributed by atoms with van der Waals surface area (Å²) in [7, 11) is 0. The first kappa shape index (κ1) is 32.3. The van der Waals surface area contributed by atoms with E-state index in [1.54, 1.807) is 0 Å². The number of fused-ring (bicyclic) bond motifs is 12. The van der Waals surface area contributed by atoms with Crippen LogP contribution in [0.3, 0.4) is 0 Å². The molecule has 0 radical (unpaired) electrons. The van der Waals surface area contributed by atoms with Gasteiger partial charge in [0.25, 0.3) is 0 Å². The second-order valence-corrected chi connectivity index (χ2v) is 15.8. The Morgan fingerprint density at radius 2 is 0.763 bits per heavy atom. The average Bonchev–Trinajstić information content (AvgIpc) is 4.02. The highest BCUT2D eigenvalue weighted by Crippen LogP contribution is 2.41. The molecular weight excluding hydrogens is 721 g/mol. The normalized spacial score (nSPS) is 12.2. The molecule has 0 saturated carbocycles. The van der Waals surface area contributed by atoms with E-state index in [1.165, 1.54) is 77.1 Å². The number of para-hydroxylation sites is 4. The zero-order valence-electron chi connectivity index (χ0n) is 32.1. The highest BCUT2D eigenvalue weighted by atomic mass is 16.3. The summed E-state index contributed by atoms with van der Waals surface area (Å²) in [5, 5.41) is 9.31. The lowest BCUT2D eigenvalue weighted by molar-refractivity contribution is 0.664. The summed E-state index contributed by atoms with van der Waals surface area (Å²) in [6, 6.07) is 67.8. The van der Waals surface area contributed by atoms with Crippen LogP contribution in [0.5, 0.6) is 0 Å². The van der Waals surface area contributed by atoms with Crippen molar-refractivity contribution in [1.82, 2.24) is 9.13 Å². The molecule has 4 nitrogen and oxygen atoms in total. The van der Waals surface area contributed by atoms with Gasteiger partial charge in [-0.2, -0.15) is 0 Å². The molecule has 0 N–H and O–H groups in total. The minimum atomic E-state index is 0.872. The van der Waals surface area contributed by atoms with Crippen LogP contribution in [-0.4, -0.2) is 9.13 Å². The number of hydrogen-bond donors (Lipinski definition) is 0. The van der Waals surface area contributed by atoms with E-state index in [4.69, 9.17) is 8.83 Å². The van der Waals surface area contributed by atoms with E-state index in [1.807, 2.05) is 18.2 Å². The summed E-state index contributed by atoms with van der Waals surface area (Å²) in [6.45, 7) is 2.17. The average molecular weight is 755 g/mol. The Balaban J connectivity index is 0.905. The first-order valence-electron chi connectivity index (χ1n) is 20.2. The molecule has 0 aliphatic carbocycles. The quantitative estimate of drug-likeness (QED) is 0.179. The first-order chi connectivity index (χ1) is 29.1. The van der Waals surface area contributed by atoms with E-state index in [9.17, 15) is 0 Å². The number of rotatable bonds is 4. The van der Waals surface area contributed by atoms with E-state index in [0.717, 1.165) is 49.6 Å². The molecule has 0 unspecified atom stereocenters.